The van der Waals surface area contributed by atoms with Gasteiger partial charge in [0.2, 0.25) is 10.0 Å². The van der Waals surface area contributed by atoms with Gasteiger partial charge in [-0.05, 0) is 43.2 Å². The molecule has 0 saturated carbocycles. The summed E-state index contributed by atoms with van der Waals surface area (Å²) in [5.74, 6) is 0.769. The van der Waals surface area contributed by atoms with Crippen molar-refractivity contribution in [2.24, 2.45) is 0 Å². The smallest absolute Gasteiger partial charge is 0.255 e. The molecule has 2 saturated heterocycles. The van der Waals surface area contributed by atoms with Crippen molar-refractivity contribution in [3.05, 3.63) is 59.1 Å². The maximum atomic E-state index is 13.2. The summed E-state index contributed by atoms with van der Waals surface area (Å²) < 4.78 is 32.9. The molecule has 4 rings (SSSR count). The van der Waals surface area contributed by atoms with Gasteiger partial charge in [0, 0.05) is 48.5 Å². The molecule has 1 atom stereocenters. The highest BCUT2D eigenvalue weighted by atomic mass is 35.5. The summed E-state index contributed by atoms with van der Waals surface area (Å²) in [5.41, 5.74) is 0.664. The molecule has 2 aromatic rings. The lowest BCUT2D eigenvalue weighted by Crippen LogP contribution is -2.50. The number of carbonyl (C=O) groups is 1. The zero-order chi connectivity index (χ0) is 21.8. The highest BCUT2D eigenvalue weighted by Crippen LogP contribution is 2.28. The molecule has 1 amide bonds. The van der Waals surface area contributed by atoms with E-state index < -0.39 is 10.0 Å². The Morgan fingerprint density at radius 1 is 1.10 bits per heavy atom. The van der Waals surface area contributed by atoms with Gasteiger partial charge in [-0.3, -0.25) is 4.79 Å². The minimum atomic E-state index is -3.63. The number of hydrogen-bond acceptors (Lipinski definition) is 5. The quantitative estimate of drug-likeness (QED) is 0.589. The van der Waals surface area contributed by atoms with Crippen molar-refractivity contribution in [3.8, 4) is 0 Å². The molecule has 9 heteroatoms. The fourth-order valence-corrected chi connectivity index (χ4v) is 6.64. The maximum absolute atomic E-state index is 13.2. The van der Waals surface area contributed by atoms with Crippen LogP contribution in [-0.2, 0) is 14.8 Å². The first-order valence-electron chi connectivity index (χ1n) is 10.3. The van der Waals surface area contributed by atoms with Crippen LogP contribution < -0.4 is 0 Å². The van der Waals surface area contributed by atoms with Crippen molar-refractivity contribution in [2.45, 2.75) is 28.7 Å². The largest absolute Gasteiger partial charge is 0.377 e. The lowest BCUT2D eigenvalue weighted by molar-refractivity contribution is 0.0694. The van der Waals surface area contributed by atoms with E-state index in [9.17, 15) is 13.2 Å². The SMILES string of the molecule is O=C(c1ccccc1SCC1CCCO1)N1CCN(S(=O)(=O)c2cccc(Cl)c2)CC1. The summed E-state index contributed by atoms with van der Waals surface area (Å²) in [6.45, 7) is 2.03. The van der Waals surface area contributed by atoms with Crippen LogP contribution in [-0.4, -0.2) is 68.2 Å². The Morgan fingerprint density at radius 2 is 1.87 bits per heavy atom. The van der Waals surface area contributed by atoms with Crippen molar-refractivity contribution in [2.75, 3.05) is 38.5 Å². The van der Waals surface area contributed by atoms with Gasteiger partial charge < -0.3 is 9.64 Å². The summed E-state index contributed by atoms with van der Waals surface area (Å²) in [6.07, 6.45) is 2.40. The number of nitrogens with zero attached hydrogens (tertiary/aromatic N) is 2. The van der Waals surface area contributed by atoms with Gasteiger partial charge in [0.1, 0.15) is 0 Å². The molecular formula is C22H25ClN2O4S2. The van der Waals surface area contributed by atoms with Gasteiger partial charge in [0.05, 0.1) is 16.6 Å². The third-order valence-corrected chi connectivity index (χ3v) is 8.86. The Hall–Kier alpha value is -1.58. The Bertz CT molecular complexity index is 1030. The number of benzene rings is 2. The third kappa shape index (κ3) is 5.26. The molecule has 0 bridgehead atoms. The molecular weight excluding hydrogens is 456 g/mol. The van der Waals surface area contributed by atoms with Crippen LogP contribution in [0.1, 0.15) is 23.2 Å². The molecule has 2 fully saturated rings. The Kier molecular flexibility index (Phi) is 7.23. The van der Waals surface area contributed by atoms with Gasteiger partial charge in [0.15, 0.2) is 0 Å². The number of ether oxygens (including phenoxy) is 1. The second-order valence-corrected chi connectivity index (χ2v) is 11.0. The van der Waals surface area contributed by atoms with E-state index >= 15 is 0 Å². The fraction of sp³-hybridized carbons (Fsp3) is 0.409. The number of piperazine rings is 1. The van der Waals surface area contributed by atoms with E-state index in [1.54, 1.807) is 34.9 Å². The van der Waals surface area contributed by atoms with Crippen LogP contribution in [0.15, 0.2) is 58.3 Å². The van der Waals surface area contributed by atoms with Crippen LogP contribution in [0.5, 0.6) is 0 Å². The molecule has 0 N–H and O–H groups in total. The summed E-state index contributed by atoms with van der Waals surface area (Å²) in [6, 6.07) is 13.9. The first kappa shape index (κ1) is 22.6. The summed E-state index contributed by atoms with van der Waals surface area (Å²) in [4.78, 5) is 16.0. The van der Waals surface area contributed by atoms with E-state index in [4.69, 9.17) is 16.3 Å². The first-order chi connectivity index (χ1) is 14.9. The van der Waals surface area contributed by atoms with E-state index in [1.165, 1.54) is 10.4 Å². The second kappa shape index (κ2) is 9.92. The molecule has 0 aliphatic carbocycles. The van der Waals surface area contributed by atoms with Gasteiger partial charge in [-0.2, -0.15) is 4.31 Å². The average molecular weight is 481 g/mol. The van der Waals surface area contributed by atoms with Crippen molar-refractivity contribution < 1.29 is 17.9 Å². The number of carbonyl (C=O) groups excluding carboxylic acids is 1. The van der Waals surface area contributed by atoms with Gasteiger partial charge in [-0.25, -0.2) is 8.42 Å². The number of hydrogen-bond donors (Lipinski definition) is 0. The van der Waals surface area contributed by atoms with Crippen LogP contribution in [0, 0.1) is 0 Å². The lowest BCUT2D eigenvalue weighted by Gasteiger charge is -2.34. The standard InChI is InChI=1S/C22H25ClN2O4S2/c23-17-5-3-7-19(15-17)31(27,28)25-12-10-24(11-13-25)22(26)20-8-1-2-9-21(20)30-16-18-6-4-14-29-18/h1-3,5,7-9,15,18H,4,6,10-14,16H2. The molecule has 1 unspecified atom stereocenters. The summed E-state index contributed by atoms with van der Waals surface area (Å²) >= 11 is 7.61. The Morgan fingerprint density at radius 3 is 2.58 bits per heavy atom. The summed E-state index contributed by atoms with van der Waals surface area (Å²) in [7, 11) is -3.63. The van der Waals surface area contributed by atoms with Crippen molar-refractivity contribution >= 4 is 39.3 Å². The third-order valence-electron chi connectivity index (χ3n) is 5.53. The van der Waals surface area contributed by atoms with Crippen LogP contribution in [0.3, 0.4) is 0 Å². The zero-order valence-corrected chi connectivity index (χ0v) is 19.5. The second-order valence-electron chi connectivity index (χ2n) is 7.60. The van der Waals surface area contributed by atoms with Gasteiger partial charge >= 0.3 is 0 Å². The molecule has 2 aliphatic rings. The normalized spacial score (nSPS) is 20.2. The van der Waals surface area contributed by atoms with Gasteiger partial charge in [-0.15, -0.1) is 11.8 Å². The number of rotatable bonds is 6. The minimum Gasteiger partial charge on any atom is -0.377 e. The molecule has 2 aliphatic heterocycles. The first-order valence-corrected chi connectivity index (χ1v) is 13.1. The zero-order valence-electron chi connectivity index (χ0n) is 17.1. The van der Waals surface area contributed by atoms with E-state index in [0.717, 1.165) is 30.1 Å². The van der Waals surface area contributed by atoms with Crippen molar-refractivity contribution in [1.29, 1.82) is 0 Å². The molecule has 6 nitrogen and oxygen atoms in total. The van der Waals surface area contributed by atoms with E-state index in [-0.39, 0.29) is 30.0 Å². The lowest BCUT2D eigenvalue weighted by atomic mass is 10.2. The number of thioether (sulfide) groups is 1. The average Bonchev–Trinajstić information content (AvgIpc) is 3.31. The van der Waals surface area contributed by atoms with Gasteiger partial charge in [-0.1, -0.05) is 29.8 Å². The highest BCUT2D eigenvalue weighted by molar-refractivity contribution is 7.99. The molecule has 2 heterocycles. The van der Waals surface area contributed by atoms with E-state index in [0.29, 0.717) is 23.7 Å². The maximum Gasteiger partial charge on any atom is 0.255 e. The van der Waals surface area contributed by atoms with Crippen LogP contribution in [0.2, 0.25) is 5.02 Å². The molecule has 2 aromatic carbocycles. The van der Waals surface area contributed by atoms with Crippen molar-refractivity contribution in [1.82, 2.24) is 9.21 Å². The number of amides is 1. The predicted molar refractivity (Wildman–Crippen MR) is 122 cm³/mol. The van der Waals surface area contributed by atoms with E-state index in [1.807, 2.05) is 24.3 Å². The molecule has 0 aromatic heterocycles. The number of sulfonamides is 1. The molecule has 31 heavy (non-hydrogen) atoms. The highest BCUT2D eigenvalue weighted by Gasteiger charge is 2.31. The molecule has 0 spiro atoms. The van der Waals surface area contributed by atoms with E-state index in [2.05, 4.69) is 0 Å². The fourth-order valence-electron chi connectivity index (χ4n) is 3.81. The predicted octanol–water partition coefficient (Wildman–Crippen LogP) is 3.76. The van der Waals surface area contributed by atoms with Crippen molar-refractivity contribution in [3.63, 3.8) is 0 Å². The minimum absolute atomic E-state index is 0.0600. The van der Waals surface area contributed by atoms with Crippen LogP contribution in [0.25, 0.3) is 0 Å². The van der Waals surface area contributed by atoms with Gasteiger partial charge in [0.25, 0.3) is 5.91 Å². The Balaban J connectivity index is 1.40. The topological polar surface area (TPSA) is 66.9 Å². The van der Waals surface area contributed by atoms with Crippen LogP contribution >= 0.6 is 23.4 Å². The molecule has 0 radical (unpaired) electrons. The molecule has 166 valence electrons. The monoisotopic (exact) mass is 480 g/mol. The van der Waals surface area contributed by atoms with Crippen LogP contribution in [0.4, 0.5) is 0 Å². The Labute approximate surface area is 192 Å². The summed E-state index contributed by atoms with van der Waals surface area (Å²) in [5, 5.41) is 0.381. The number of halogens is 1.